The molecular formula is C10H13BrN2O2. The van der Waals surface area contributed by atoms with Crippen molar-refractivity contribution in [2.75, 3.05) is 19.8 Å². The standard InChI is InChI=1S/C10H13BrN2O2/c11-8-2-3-9(13-6-8)10(7-12)14-4-1-5-15-10/h2-3,6H,1,4-5,7,12H2. The molecular weight excluding hydrogens is 260 g/mol. The zero-order chi connectivity index (χ0) is 10.7. The van der Waals surface area contributed by atoms with Gasteiger partial charge in [0.05, 0.1) is 19.8 Å². The Hall–Kier alpha value is -0.490. The molecule has 0 bridgehead atoms. The molecule has 1 saturated heterocycles. The van der Waals surface area contributed by atoms with Gasteiger partial charge in [0.15, 0.2) is 0 Å². The second-order valence-electron chi connectivity index (χ2n) is 3.37. The molecule has 2 rings (SSSR count). The lowest BCUT2D eigenvalue weighted by Crippen LogP contribution is -2.44. The molecule has 0 saturated carbocycles. The Labute approximate surface area is 96.9 Å². The number of ether oxygens (including phenoxy) is 2. The Balaban J connectivity index is 2.28. The van der Waals surface area contributed by atoms with Gasteiger partial charge in [-0.05, 0) is 34.5 Å². The molecule has 2 heterocycles. The third kappa shape index (κ3) is 2.20. The maximum atomic E-state index is 5.71. The van der Waals surface area contributed by atoms with E-state index in [-0.39, 0.29) is 6.54 Å². The van der Waals surface area contributed by atoms with Crippen molar-refractivity contribution in [1.29, 1.82) is 0 Å². The van der Waals surface area contributed by atoms with Crippen LogP contribution in [0.3, 0.4) is 0 Å². The summed E-state index contributed by atoms with van der Waals surface area (Å²) in [5, 5.41) is 0. The number of aromatic nitrogens is 1. The first-order chi connectivity index (χ1) is 7.27. The van der Waals surface area contributed by atoms with Gasteiger partial charge < -0.3 is 15.2 Å². The van der Waals surface area contributed by atoms with Crippen LogP contribution in [0.1, 0.15) is 12.1 Å². The van der Waals surface area contributed by atoms with Gasteiger partial charge in [0.2, 0.25) is 5.79 Å². The van der Waals surface area contributed by atoms with Gasteiger partial charge in [0, 0.05) is 10.7 Å². The maximum absolute atomic E-state index is 5.71. The highest BCUT2D eigenvalue weighted by molar-refractivity contribution is 9.10. The second-order valence-corrected chi connectivity index (χ2v) is 4.28. The number of hydrogen-bond donors (Lipinski definition) is 1. The van der Waals surface area contributed by atoms with Crippen molar-refractivity contribution in [3.8, 4) is 0 Å². The molecule has 0 amide bonds. The quantitative estimate of drug-likeness (QED) is 0.884. The van der Waals surface area contributed by atoms with Crippen molar-refractivity contribution in [3.05, 3.63) is 28.5 Å². The smallest absolute Gasteiger partial charge is 0.225 e. The lowest BCUT2D eigenvalue weighted by molar-refractivity contribution is -0.271. The predicted octanol–water partition coefficient (Wildman–Crippen LogP) is 1.39. The van der Waals surface area contributed by atoms with Crippen LogP contribution in [0.4, 0.5) is 0 Å². The van der Waals surface area contributed by atoms with Crippen LogP contribution in [0, 0.1) is 0 Å². The minimum Gasteiger partial charge on any atom is -0.344 e. The fourth-order valence-electron chi connectivity index (χ4n) is 1.55. The number of nitrogens with two attached hydrogens (primary N) is 1. The van der Waals surface area contributed by atoms with Crippen LogP contribution in [-0.4, -0.2) is 24.7 Å². The average Bonchev–Trinajstić information content (AvgIpc) is 2.31. The van der Waals surface area contributed by atoms with Gasteiger partial charge in [0.25, 0.3) is 0 Å². The van der Waals surface area contributed by atoms with Gasteiger partial charge in [-0.1, -0.05) is 0 Å². The molecule has 0 aliphatic carbocycles. The molecule has 1 aromatic heterocycles. The SMILES string of the molecule is NCC1(c2ccc(Br)cn2)OCCCO1. The van der Waals surface area contributed by atoms with E-state index < -0.39 is 5.79 Å². The monoisotopic (exact) mass is 272 g/mol. The summed E-state index contributed by atoms with van der Waals surface area (Å²) in [5.41, 5.74) is 6.44. The first-order valence-electron chi connectivity index (χ1n) is 4.87. The highest BCUT2D eigenvalue weighted by atomic mass is 79.9. The number of halogens is 1. The molecule has 4 nitrogen and oxygen atoms in total. The molecule has 1 aliphatic heterocycles. The fraction of sp³-hybridized carbons (Fsp3) is 0.500. The van der Waals surface area contributed by atoms with E-state index in [0.717, 1.165) is 16.6 Å². The fourth-order valence-corrected chi connectivity index (χ4v) is 1.78. The molecule has 0 unspecified atom stereocenters. The minimum absolute atomic E-state index is 0.279. The number of rotatable bonds is 2. The molecule has 5 heteroatoms. The minimum atomic E-state index is -0.848. The number of pyridine rings is 1. The number of hydrogen-bond acceptors (Lipinski definition) is 4. The van der Waals surface area contributed by atoms with Crippen LogP contribution >= 0.6 is 15.9 Å². The molecule has 0 atom stereocenters. The summed E-state index contributed by atoms with van der Waals surface area (Å²) in [6.45, 7) is 1.60. The largest absolute Gasteiger partial charge is 0.344 e. The van der Waals surface area contributed by atoms with E-state index in [1.165, 1.54) is 0 Å². The van der Waals surface area contributed by atoms with Crippen molar-refractivity contribution in [2.24, 2.45) is 5.73 Å². The van der Waals surface area contributed by atoms with Gasteiger partial charge >= 0.3 is 0 Å². The highest BCUT2D eigenvalue weighted by Crippen LogP contribution is 2.28. The molecule has 0 aromatic carbocycles. The molecule has 1 aliphatic rings. The maximum Gasteiger partial charge on any atom is 0.225 e. The average molecular weight is 273 g/mol. The van der Waals surface area contributed by atoms with Crippen molar-refractivity contribution in [3.63, 3.8) is 0 Å². The Kier molecular flexibility index (Phi) is 3.35. The first kappa shape index (κ1) is 11.0. The Morgan fingerprint density at radius 3 is 2.67 bits per heavy atom. The molecule has 0 radical (unpaired) electrons. The molecule has 0 spiro atoms. The zero-order valence-corrected chi connectivity index (χ0v) is 9.87. The van der Waals surface area contributed by atoms with E-state index in [0.29, 0.717) is 13.2 Å². The van der Waals surface area contributed by atoms with E-state index in [1.807, 2.05) is 12.1 Å². The lowest BCUT2D eigenvalue weighted by Gasteiger charge is -2.35. The van der Waals surface area contributed by atoms with Crippen molar-refractivity contribution < 1.29 is 9.47 Å². The van der Waals surface area contributed by atoms with Gasteiger partial charge in [-0.15, -0.1) is 0 Å². The summed E-state index contributed by atoms with van der Waals surface area (Å²) < 4.78 is 12.2. The molecule has 1 aromatic rings. The summed E-state index contributed by atoms with van der Waals surface area (Å²) in [6.07, 6.45) is 2.62. The Morgan fingerprint density at radius 2 is 2.13 bits per heavy atom. The van der Waals surface area contributed by atoms with Gasteiger partial charge in [-0.25, -0.2) is 0 Å². The summed E-state index contributed by atoms with van der Waals surface area (Å²) in [5.74, 6) is -0.848. The van der Waals surface area contributed by atoms with Gasteiger partial charge in [-0.2, -0.15) is 0 Å². The van der Waals surface area contributed by atoms with Crippen LogP contribution in [-0.2, 0) is 15.3 Å². The van der Waals surface area contributed by atoms with Crippen LogP contribution in [0.5, 0.6) is 0 Å². The lowest BCUT2D eigenvalue weighted by atomic mass is 10.1. The first-order valence-corrected chi connectivity index (χ1v) is 5.66. The Morgan fingerprint density at radius 1 is 1.40 bits per heavy atom. The van der Waals surface area contributed by atoms with E-state index in [2.05, 4.69) is 20.9 Å². The normalized spacial score (nSPS) is 20.1. The van der Waals surface area contributed by atoms with E-state index in [9.17, 15) is 0 Å². The van der Waals surface area contributed by atoms with Crippen molar-refractivity contribution >= 4 is 15.9 Å². The van der Waals surface area contributed by atoms with E-state index in [1.54, 1.807) is 6.20 Å². The summed E-state index contributed by atoms with van der Waals surface area (Å²) in [7, 11) is 0. The van der Waals surface area contributed by atoms with Crippen molar-refractivity contribution in [1.82, 2.24) is 4.98 Å². The summed E-state index contributed by atoms with van der Waals surface area (Å²) >= 11 is 3.33. The molecule has 2 N–H and O–H groups in total. The predicted molar refractivity (Wildman–Crippen MR) is 59.2 cm³/mol. The van der Waals surface area contributed by atoms with E-state index in [4.69, 9.17) is 15.2 Å². The van der Waals surface area contributed by atoms with Gasteiger partial charge in [0.1, 0.15) is 5.69 Å². The zero-order valence-electron chi connectivity index (χ0n) is 8.28. The Bertz CT molecular complexity index is 323. The molecule has 1 fully saturated rings. The molecule has 82 valence electrons. The van der Waals surface area contributed by atoms with E-state index >= 15 is 0 Å². The summed E-state index contributed by atoms with van der Waals surface area (Å²) in [6, 6.07) is 3.77. The third-order valence-corrected chi connectivity index (χ3v) is 2.81. The van der Waals surface area contributed by atoms with Crippen LogP contribution in [0.25, 0.3) is 0 Å². The third-order valence-electron chi connectivity index (χ3n) is 2.35. The van der Waals surface area contributed by atoms with Crippen LogP contribution in [0.15, 0.2) is 22.8 Å². The second kappa shape index (κ2) is 4.57. The topological polar surface area (TPSA) is 57.4 Å². The number of nitrogens with zero attached hydrogens (tertiary/aromatic N) is 1. The summed E-state index contributed by atoms with van der Waals surface area (Å²) in [4.78, 5) is 4.27. The van der Waals surface area contributed by atoms with Gasteiger partial charge in [-0.3, -0.25) is 4.98 Å². The van der Waals surface area contributed by atoms with Crippen LogP contribution in [0.2, 0.25) is 0 Å². The highest BCUT2D eigenvalue weighted by Gasteiger charge is 2.36. The molecule has 15 heavy (non-hydrogen) atoms. The van der Waals surface area contributed by atoms with Crippen molar-refractivity contribution in [2.45, 2.75) is 12.2 Å². The van der Waals surface area contributed by atoms with Crippen LogP contribution < -0.4 is 5.73 Å².